The average Bonchev–Trinajstić information content (AvgIpc) is 2.96. The van der Waals surface area contributed by atoms with E-state index in [1.807, 2.05) is 37.3 Å². The normalized spacial score (nSPS) is 10.3. The number of anilines is 1. The first-order valence-electron chi connectivity index (χ1n) is 7.66. The van der Waals surface area contributed by atoms with E-state index in [1.165, 1.54) is 0 Å². The summed E-state index contributed by atoms with van der Waals surface area (Å²) in [7, 11) is 0. The van der Waals surface area contributed by atoms with Crippen LogP contribution in [0.15, 0.2) is 54.6 Å². The van der Waals surface area contributed by atoms with Gasteiger partial charge >= 0.3 is 0 Å². The summed E-state index contributed by atoms with van der Waals surface area (Å²) in [6.07, 6.45) is 0. The number of aromatic nitrogens is 2. The number of hydrogen-bond donors (Lipinski definition) is 1. The zero-order valence-corrected chi connectivity index (χ0v) is 14.3. The van der Waals surface area contributed by atoms with Gasteiger partial charge in [0.2, 0.25) is 0 Å². The van der Waals surface area contributed by atoms with Gasteiger partial charge in [-0.15, -0.1) is 0 Å². The van der Waals surface area contributed by atoms with E-state index < -0.39 is 0 Å². The number of rotatable bonds is 4. The Hall–Kier alpha value is -3.10. The number of halogens is 1. The topological polar surface area (TPSA) is 70.7 Å². The van der Waals surface area contributed by atoms with E-state index in [-0.39, 0.29) is 5.91 Å². The molecule has 0 bridgehead atoms. The van der Waals surface area contributed by atoms with Gasteiger partial charge in [0.05, 0.1) is 23.9 Å². The van der Waals surface area contributed by atoms with Crippen LogP contribution in [0.25, 0.3) is 0 Å². The van der Waals surface area contributed by atoms with Crippen LogP contribution < -0.4 is 5.32 Å². The van der Waals surface area contributed by atoms with Crippen molar-refractivity contribution in [2.45, 2.75) is 13.5 Å². The molecule has 0 fully saturated rings. The average molecular weight is 351 g/mol. The van der Waals surface area contributed by atoms with Crippen molar-refractivity contribution in [1.29, 1.82) is 5.26 Å². The summed E-state index contributed by atoms with van der Waals surface area (Å²) >= 11 is 6.21. The van der Waals surface area contributed by atoms with Crippen LogP contribution in [0.5, 0.6) is 0 Å². The molecule has 0 unspecified atom stereocenters. The number of nitrogens with one attached hydrogen (secondary N) is 1. The fourth-order valence-corrected chi connectivity index (χ4v) is 2.63. The smallest absolute Gasteiger partial charge is 0.256 e. The molecule has 0 radical (unpaired) electrons. The van der Waals surface area contributed by atoms with E-state index in [0.29, 0.717) is 28.5 Å². The minimum absolute atomic E-state index is 0.259. The number of benzene rings is 2. The first-order chi connectivity index (χ1) is 12.1. The summed E-state index contributed by atoms with van der Waals surface area (Å²) in [5, 5.41) is 16.8. The lowest BCUT2D eigenvalue weighted by molar-refractivity contribution is 0.102. The molecule has 0 aliphatic rings. The number of aryl methyl sites for hydroxylation is 1. The van der Waals surface area contributed by atoms with Crippen LogP contribution in [0.1, 0.15) is 27.2 Å². The molecule has 0 atom stereocenters. The summed E-state index contributed by atoms with van der Waals surface area (Å²) in [5.41, 5.74) is 2.70. The molecule has 0 aliphatic heterocycles. The summed E-state index contributed by atoms with van der Waals surface area (Å²) in [6.45, 7) is 2.32. The summed E-state index contributed by atoms with van der Waals surface area (Å²) in [6, 6.07) is 17.8. The first-order valence-corrected chi connectivity index (χ1v) is 8.04. The molecular weight excluding hydrogens is 336 g/mol. The first kappa shape index (κ1) is 16.7. The summed E-state index contributed by atoms with van der Waals surface area (Å²) < 4.78 is 1.71. The Balaban J connectivity index is 1.82. The van der Waals surface area contributed by atoms with Crippen LogP contribution in [-0.2, 0) is 6.54 Å². The summed E-state index contributed by atoms with van der Waals surface area (Å²) in [5.74, 6) is 0.330. The summed E-state index contributed by atoms with van der Waals surface area (Å²) in [4.78, 5) is 12.4. The van der Waals surface area contributed by atoms with E-state index in [4.69, 9.17) is 16.9 Å². The van der Waals surface area contributed by atoms with Crippen LogP contribution in [0.4, 0.5) is 5.82 Å². The zero-order valence-electron chi connectivity index (χ0n) is 13.5. The van der Waals surface area contributed by atoms with Crippen molar-refractivity contribution < 1.29 is 4.79 Å². The lowest BCUT2D eigenvalue weighted by Crippen LogP contribution is -2.16. The largest absolute Gasteiger partial charge is 0.307 e. The fourth-order valence-electron chi connectivity index (χ4n) is 2.44. The van der Waals surface area contributed by atoms with Gasteiger partial charge in [-0.1, -0.05) is 29.8 Å². The Morgan fingerprint density at radius 1 is 1.24 bits per heavy atom. The second kappa shape index (κ2) is 7.20. The maximum absolute atomic E-state index is 12.4. The zero-order chi connectivity index (χ0) is 17.8. The quantitative estimate of drug-likeness (QED) is 0.772. The van der Waals surface area contributed by atoms with Crippen LogP contribution in [0.3, 0.4) is 0 Å². The van der Waals surface area contributed by atoms with Crippen LogP contribution in [0, 0.1) is 18.3 Å². The van der Waals surface area contributed by atoms with Crippen molar-refractivity contribution in [3.8, 4) is 6.07 Å². The van der Waals surface area contributed by atoms with E-state index in [2.05, 4.69) is 10.4 Å². The maximum Gasteiger partial charge on any atom is 0.256 e. The van der Waals surface area contributed by atoms with E-state index >= 15 is 0 Å². The molecule has 1 amide bonds. The van der Waals surface area contributed by atoms with Crippen LogP contribution >= 0.6 is 11.6 Å². The number of nitriles is 1. The molecule has 0 spiro atoms. The standard InChI is InChI=1S/C19H15ClN4O/c1-13-10-18(22-19(25)15-8-6-14(11-21)7-9-15)24(23-13)12-16-4-2-3-5-17(16)20/h2-10H,12H2,1H3,(H,22,25). The Bertz CT molecular complexity index is 954. The maximum atomic E-state index is 12.4. The van der Waals surface area contributed by atoms with Gasteiger partial charge in [-0.3, -0.25) is 4.79 Å². The highest BCUT2D eigenvalue weighted by Crippen LogP contribution is 2.19. The van der Waals surface area contributed by atoms with Gasteiger partial charge in [0, 0.05) is 16.7 Å². The Morgan fingerprint density at radius 3 is 2.64 bits per heavy atom. The molecule has 0 saturated carbocycles. The van der Waals surface area contributed by atoms with Gasteiger partial charge in [0.25, 0.3) is 5.91 Å². The lowest BCUT2D eigenvalue weighted by atomic mass is 10.1. The molecule has 3 rings (SSSR count). The molecule has 1 aromatic heterocycles. The highest BCUT2D eigenvalue weighted by Gasteiger charge is 2.12. The van der Waals surface area contributed by atoms with Crippen LogP contribution in [-0.4, -0.2) is 15.7 Å². The van der Waals surface area contributed by atoms with Crippen LogP contribution in [0.2, 0.25) is 5.02 Å². The minimum atomic E-state index is -0.259. The predicted octanol–water partition coefficient (Wildman–Crippen LogP) is 4.02. The third-order valence-corrected chi connectivity index (χ3v) is 4.07. The second-order valence-corrected chi connectivity index (χ2v) is 5.97. The van der Waals surface area contributed by atoms with E-state index in [1.54, 1.807) is 35.0 Å². The molecule has 6 heteroatoms. The van der Waals surface area contributed by atoms with Gasteiger partial charge in [0.1, 0.15) is 5.82 Å². The highest BCUT2D eigenvalue weighted by atomic mass is 35.5. The molecule has 0 saturated heterocycles. The van der Waals surface area contributed by atoms with Gasteiger partial charge in [0.15, 0.2) is 0 Å². The number of amides is 1. The predicted molar refractivity (Wildman–Crippen MR) is 96.6 cm³/mol. The fraction of sp³-hybridized carbons (Fsp3) is 0.105. The Morgan fingerprint density at radius 2 is 1.96 bits per heavy atom. The van der Waals surface area contributed by atoms with E-state index in [9.17, 15) is 4.79 Å². The molecule has 2 aromatic carbocycles. The Kier molecular flexibility index (Phi) is 4.82. The lowest BCUT2D eigenvalue weighted by Gasteiger charge is -2.10. The number of hydrogen-bond acceptors (Lipinski definition) is 3. The number of carbonyl (C=O) groups excluding carboxylic acids is 1. The number of carbonyl (C=O) groups is 1. The van der Waals surface area contributed by atoms with Crippen molar-refractivity contribution in [2.75, 3.05) is 5.32 Å². The third kappa shape index (κ3) is 3.87. The third-order valence-electron chi connectivity index (χ3n) is 3.70. The van der Waals surface area contributed by atoms with Crippen molar-refractivity contribution in [3.63, 3.8) is 0 Å². The number of nitrogens with zero attached hydrogens (tertiary/aromatic N) is 3. The molecule has 1 N–H and O–H groups in total. The molecule has 1 heterocycles. The van der Waals surface area contributed by atoms with Crippen molar-refractivity contribution in [3.05, 3.63) is 82.0 Å². The molecule has 3 aromatic rings. The van der Waals surface area contributed by atoms with Gasteiger partial charge in [-0.25, -0.2) is 4.68 Å². The molecule has 25 heavy (non-hydrogen) atoms. The van der Waals surface area contributed by atoms with Crippen molar-refractivity contribution in [1.82, 2.24) is 9.78 Å². The monoisotopic (exact) mass is 350 g/mol. The highest BCUT2D eigenvalue weighted by molar-refractivity contribution is 6.31. The van der Waals surface area contributed by atoms with Gasteiger partial charge < -0.3 is 5.32 Å². The Labute approximate surface area is 150 Å². The van der Waals surface area contributed by atoms with Gasteiger partial charge in [-0.2, -0.15) is 10.4 Å². The molecular formula is C19H15ClN4O. The molecule has 124 valence electrons. The van der Waals surface area contributed by atoms with Crippen molar-refractivity contribution >= 4 is 23.3 Å². The van der Waals surface area contributed by atoms with Gasteiger partial charge in [-0.05, 0) is 42.8 Å². The van der Waals surface area contributed by atoms with Crippen molar-refractivity contribution in [2.24, 2.45) is 0 Å². The van der Waals surface area contributed by atoms with E-state index in [0.717, 1.165) is 11.3 Å². The second-order valence-electron chi connectivity index (χ2n) is 5.56. The minimum Gasteiger partial charge on any atom is -0.307 e. The SMILES string of the molecule is Cc1cc(NC(=O)c2ccc(C#N)cc2)n(Cc2ccccc2Cl)n1. The molecule has 5 nitrogen and oxygen atoms in total. The molecule has 0 aliphatic carbocycles.